The van der Waals surface area contributed by atoms with Crippen LogP contribution in [0.25, 0.3) is 10.8 Å². The van der Waals surface area contributed by atoms with Crippen molar-refractivity contribution in [3.8, 4) is 11.5 Å². The Morgan fingerprint density at radius 1 is 0.789 bits per heavy atom. The molecule has 1 heterocycles. The van der Waals surface area contributed by atoms with Crippen LogP contribution in [0, 0.1) is 23.7 Å². The van der Waals surface area contributed by atoms with Crippen LogP contribution in [0.4, 0.5) is 11.4 Å². The summed E-state index contributed by atoms with van der Waals surface area (Å²) >= 11 is 0. The molecule has 0 aromatic heterocycles. The summed E-state index contributed by atoms with van der Waals surface area (Å²) in [5.74, 6) is 0.519. The van der Waals surface area contributed by atoms with E-state index >= 15 is 0 Å². The van der Waals surface area contributed by atoms with Crippen LogP contribution in [0.1, 0.15) is 16.8 Å². The molecular formula is C32H24N2O4. The number of amides is 3. The molecule has 4 aromatic carbocycles. The van der Waals surface area contributed by atoms with E-state index in [0.29, 0.717) is 22.7 Å². The second kappa shape index (κ2) is 8.70. The maximum Gasteiger partial charge on any atom is 0.255 e. The van der Waals surface area contributed by atoms with Crippen LogP contribution in [0.5, 0.6) is 11.5 Å². The quantitative estimate of drug-likeness (QED) is 0.262. The third-order valence-corrected chi connectivity index (χ3v) is 7.93. The van der Waals surface area contributed by atoms with Gasteiger partial charge in [0.1, 0.15) is 11.5 Å². The summed E-state index contributed by atoms with van der Waals surface area (Å²) in [5.41, 5.74) is 1.42. The molecule has 1 N–H and O–H groups in total. The SMILES string of the molecule is O=C(Nc1ccc(Oc2cccc3ccccc23)cc1)c1cccc(N2C(=O)[C@@H]3[C@@H](C2=O)[C@H]2C=C[C@H]3C2)c1. The summed E-state index contributed by atoms with van der Waals surface area (Å²) in [7, 11) is 0. The number of ether oxygens (including phenoxy) is 1. The molecule has 2 fully saturated rings. The molecule has 0 radical (unpaired) electrons. The first kappa shape index (κ1) is 22.5. The second-order valence-electron chi connectivity index (χ2n) is 10.1. The van der Waals surface area contributed by atoms with Gasteiger partial charge in [-0.1, -0.05) is 54.6 Å². The van der Waals surface area contributed by atoms with Gasteiger partial charge in [0.25, 0.3) is 5.91 Å². The molecule has 1 saturated carbocycles. The lowest BCUT2D eigenvalue weighted by molar-refractivity contribution is -0.123. The van der Waals surface area contributed by atoms with Gasteiger partial charge in [-0.25, -0.2) is 4.90 Å². The third kappa shape index (κ3) is 3.60. The molecule has 6 nitrogen and oxygen atoms in total. The number of fused-ring (bicyclic) bond motifs is 6. The van der Waals surface area contributed by atoms with Gasteiger partial charge in [0, 0.05) is 16.6 Å². The first-order valence-electron chi connectivity index (χ1n) is 12.8. The van der Waals surface area contributed by atoms with Gasteiger partial charge in [-0.2, -0.15) is 0 Å². The maximum atomic E-state index is 13.2. The number of imide groups is 1. The predicted molar refractivity (Wildman–Crippen MR) is 145 cm³/mol. The summed E-state index contributed by atoms with van der Waals surface area (Å²) in [6.45, 7) is 0. The summed E-state index contributed by atoms with van der Waals surface area (Å²) in [5, 5.41) is 5.01. The van der Waals surface area contributed by atoms with Gasteiger partial charge in [0.2, 0.25) is 11.8 Å². The molecule has 4 atom stereocenters. The monoisotopic (exact) mass is 500 g/mol. The van der Waals surface area contributed by atoms with E-state index < -0.39 is 0 Å². The van der Waals surface area contributed by atoms with Crippen molar-refractivity contribution in [2.75, 3.05) is 10.2 Å². The van der Waals surface area contributed by atoms with Crippen molar-refractivity contribution in [2.24, 2.45) is 23.7 Å². The molecule has 1 saturated heterocycles. The highest BCUT2D eigenvalue weighted by molar-refractivity contribution is 6.23. The molecule has 2 bridgehead atoms. The Kier molecular flexibility index (Phi) is 5.15. The zero-order chi connectivity index (χ0) is 25.8. The molecule has 3 aliphatic rings. The lowest BCUT2D eigenvalue weighted by Crippen LogP contribution is -2.33. The molecule has 0 spiro atoms. The standard InChI is InChI=1S/C32H24N2O4/c35-30(33-23-13-15-25(16-14-23)38-27-10-4-6-19-5-1-2-9-26(19)27)22-7-3-8-24(18-22)34-31(36)28-20-11-12-21(17-20)29(28)32(34)37/h1-16,18,20-21,28-29H,17H2,(H,33,35)/t20-,21-,28-,29-/m0/s1. The molecule has 4 aromatic rings. The number of carbonyl (C=O) groups excluding carboxylic acids is 3. The number of rotatable bonds is 5. The summed E-state index contributed by atoms with van der Waals surface area (Å²) in [6.07, 6.45) is 5.03. The molecule has 6 heteroatoms. The molecular weight excluding hydrogens is 476 g/mol. The molecule has 0 unspecified atom stereocenters. The van der Waals surface area contributed by atoms with Gasteiger partial charge < -0.3 is 10.1 Å². The smallest absolute Gasteiger partial charge is 0.255 e. The average Bonchev–Trinajstić information content (AvgIpc) is 3.63. The maximum absolute atomic E-state index is 13.2. The van der Waals surface area contributed by atoms with Crippen LogP contribution in [-0.4, -0.2) is 17.7 Å². The number of hydrogen-bond acceptors (Lipinski definition) is 4. The third-order valence-electron chi connectivity index (χ3n) is 7.93. The summed E-state index contributed by atoms with van der Waals surface area (Å²) < 4.78 is 6.09. The van der Waals surface area contributed by atoms with E-state index in [1.807, 2.05) is 42.5 Å². The van der Waals surface area contributed by atoms with E-state index in [4.69, 9.17) is 4.74 Å². The number of nitrogens with zero attached hydrogens (tertiary/aromatic N) is 1. The lowest BCUT2D eigenvalue weighted by atomic mass is 9.85. The molecule has 186 valence electrons. The van der Waals surface area contributed by atoms with E-state index in [9.17, 15) is 14.4 Å². The molecule has 3 amide bonds. The van der Waals surface area contributed by atoms with E-state index in [2.05, 4.69) is 17.5 Å². The van der Waals surface area contributed by atoms with E-state index in [0.717, 1.165) is 22.9 Å². The Morgan fingerprint density at radius 3 is 2.24 bits per heavy atom. The minimum Gasteiger partial charge on any atom is -0.457 e. The Morgan fingerprint density at radius 2 is 1.47 bits per heavy atom. The van der Waals surface area contributed by atoms with Gasteiger partial charge >= 0.3 is 0 Å². The fourth-order valence-corrected chi connectivity index (χ4v) is 6.16. The van der Waals surface area contributed by atoms with Crippen molar-refractivity contribution in [1.82, 2.24) is 0 Å². The van der Waals surface area contributed by atoms with Crippen LogP contribution in [0.15, 0.2) is 103 Å². The summed E-state index contributed by atoms with van der Waals surface area (Å²) in [4.78, 5) is 40.6. The Bertz CT molecular complexity index is 1610. The van der Waals surface area contributed by atoms with Crippen molar-refractivity contribution < 1.29 is 19.1 Å². The van der Waals surface area contributed by atoms with Crippen LogP contribution < -0.4 is 15.0 Å². The highest BCUT2D eigenvalue weighted by Crippen LogP contribution is 2.53. The molecule has 1 aliphatic heterocycles. The van der Waals surface area contributed by atoms with E-state index in [1.54, 1.807) is 48.5 Å². The molecule has 7 rings (SSSR count). The summed E-state index contributed by atoms with van der Waals surface area (Å²) in [6, 6.07) is 27.8. The number of hydrogen-bond donors (Lipinski definition) is 1. The van der Waals surface area contributed by atoms with Crippen LogP contribution >= 0.6 is 0 Å². The minimum atomic E-state index is -0.324. The Hall–Kier alpha value is -4.71. The number of anilines is 2. The Balaban J connectivity index is 1.06. The highest BCUT2D eigenvalue weighted by atomic mass is 16.5. The Labute approximate surface area is 219 Å². The van der Waals surface area contributed by atoms with E-state index in [-0.39, 0.29) is 41.4 Å². The van der Waals surface area contributed by atoms with E-state index in [1.165, 1.54) is 4.90 Å². The van der Waals surface area contributed by atoms with Gasteiger partial charge in [0.05, 0.1) is 17.5 Å². The number of benzene rings is 4. The lowest BCUT2D eigenvalue weighted by Gasteiger charge is -2.18. The van der Waals surface area contributed by atoms with Crippen molar-refractivity contribution in [3.05, 3.63) is 109 Å². The van der Waals surface area contributed by atoms with Gasteiger partial charge in [-0.05, 0) is 72.2 Å². The largest absolute Gasteiger partial charge is 0.457 e. The first-order chi connectivity index (χ1) is 18.6. The zero-order valence-corrected chi connectivity index (χ0v) is 20.4. The van der Waals surface area contributed by atoms with Crippen molar-refractivity contribution in [2.45, 2.75) is 6.42 Å². The number of carbonyl (C=O) groups is 3. The van der Waals surface area contributed by atoms with Crippen molar-refractivity contribution in [3.63, 3.8) is 0 Å². The second-order valence-corrected chi connectivity index (χ2v) is 10.1. The first-order valence-corrected chi connectivity index (χ1v) is 12.8. The fraction of sp³-hybridized carbons (Fsp3) is 0.156. The van der Waals surface area contributed by atoms with Crippen LogP contribution in [-0.2, 0) is 9.59 Å². The fourth-order valence-electron chi connectivity index (χ4n) is 6.16. The van der Waals surface area contributed by atoms with Crippen molar-refractivity contribution in [1.29, 1.82) is 0 Å². The van der Waals surface area contributed by atoms with Gasteiger partial charge in [0.15, 0.2) is 0 Å². The van der Waals surface area contributed by atoms with Gasteiger partial charge in [-0.15, -0.1) is 0 Å². The number of allylic oxidation sites excluding steroid dienone is 2. The van der Waals surface area contributed by atoms with Crippen LogP contribution in [0.2, 0.25) is 0 Å². The van der Waals surface area contributed by atoms with Crippen molar-refractivity contribution >= 4 is 39.9 Å². The predicted octanol–water partition coefficient (Wildman–Crippen LogP) is 6.20. The normalized spacial score (nSPS) is 23.2. The zero-order valence-electron chi connectivity index (χ0n) is 20.4. The topological polar surface area (TPSA) is 75.7 Å². The average molecular weight is 501 g/mol. The van der Waals surface area contributed by atoms with Crippen LogP contribution in [0.3, 0.4) is 0 Å². The molecule has 2 aliphatic carbocycles. The minimum absolute atomic E-state index is 0.144. The number of nitrogens with one attached hydrogen (secondary N) is 1. The highest BCUT2D eigenvalue weighted by Gasteiger charge is 2.59. The van der Waals surface area contributed by atoms with Gasteiger partial charge in [-0.3, -0.25) is 14.4 Å². The molecule has 38 heavy (non-hydrogen) atoms.